The smallest absolute Gasteiger partial charge is 0.255 e. The van der Waals surface area contributed by atoms with Crippen molar-refractivity contribution in [2.24, 2.45) is 0 Å². The van der Waals surface area contributed by atoms with E-state index in [1.807, 2.05) is 24.3 Å². The molecule has 0 spiro atoms. The van der Waals surface area contributed by atoms with Crippen molar-refractivity contribution in [3.63, 3.8) is 0 Å². The summed E-state index contributed by atoms with van der Waals surface area (Å²) in [5, 5.41) is 4.13. The standard InChI is InChI=1S/C21H15ClN2O3S2/c1-29(26,27)15-9-6-13(7-10-15)20(25)23-14-8-11-17(22)16(12-14)21-24-18-4-2-3-5-19(18)28-21/h2-12H,1H3,(H,23,25). The van der Waals surface area contributed by atoms with E-state index in [0.717, 1.165) is 27.0 Å². The second-order valence-electron chi connectivity index (χ2n) is 6.43. The Morgan fingerprint density at radius 1 is 1.03 bits per heavy atom. The number of sulfone groups is 1. The van der Waals surface area contributed by atoms with Crippen LogP contribution in [0.5, 0.6) is 0 Å². The fourth-order valence-electron chi connectivity index (χ4n) is 2.81. The number of hydrogen-bond acceptors (Lipinski definition) is 5. The van der Waals surface area contributed by atoms with Gasteiger partial charge in [-0.15, -0.1) is 11.3 Å². The maximum absolute atomic E-state index is 12.5. The molecule has 4 rings (SSSR count). The summed E-state index contributed by atoms with van der Waals surface area (Å²) in [6, 6.07) is 18.8. The van der Waals surface area contributed by atoms with E-state index < -0.39 is 9.84 Å². The van der Waals surface area contributed by atoms with Crippen LogP contribution < -0.4 is 5.32 Å². The van der Waals surface area contributed by atoms with Gasteiger partial charge in [-0.25, -0.2) is 13.4 Å². The molecule has 1 heterocycles. The minimum absolute atomic E-state index is 0.165. The number of benzene rings is 3. The highest BCUT2D eigenvalue weighted by molar-refractivity contribution is 7.90. The zero-order valence-corrected chi connectivity index (χ0v) is 17.6. The number of fused-ring (bicyclic) bond motifs is 1. The van der Waals surface area contributed by atoms with Crippen molar-refractivity contribution in [1.29, 1.82) is 0 Å². The van der Waals surface area contributed by atoms with Gasteiger partial charge in [-0.1, -0.05) is 23.7 Å². The third kappa shape index (κ3) is 4.17. The molecule has 0 aliphatic rings. The zero-order chi connectivity index (χ0) is 20.6. The lowest BCUT2D eigenvalue weighted by molar-refractivity contribution is 0.102. The maximum Gasteiger partial charge on any atom is 0.255 e. The number of rotatable bonds is 4. The van der Waals surface area contributed by atoms with Gasteiger partial charge in [0.05, 0.1) is 20.1 Å². The summed E-state index contributed by atoms with van der Waals surface area (Å²) in [4.78, 5) is 17.3. The molecule has 0 bridgehead atoms. The van der Waals surface area contributed by atoms with Crippen molar-refractivity contribution in [3.8, 4) is 10.6 Å². The quantitative estimate of drug-likeness (QED) is 0.467. The lowest BCUT2D eigenvalue weighted by atomic mass is 10.1. The normalized spacial score (nSPS) is 11.5. The minimum atomic E-state index is -3.31. The molecule has 0 aliphatic carbocycles. The second kappa shape index (κ2) is 7.59. The van der Waals surface area contributed by atoms with E-state index in [1.54, 1.807) is 18.2 Å². The van der Waals surface area contributed by atoms with Crippen LogP contribution in [0.3, 0.4) is 0 Å². The van der Waals surface area contributed by atoms with Gasteiger partial charge in [-0.3, -0.25) is 4.79 Å². The first kappa shape index (κ1) is 19.6. The Hall–Kier alpha value is -2.74. The van der Waals surface area contributed by atoms with Crippen molar-refractivity contribution < 1.29 is 13.2 Å². The monoisotopic (exact) mass is 442 g/mol. The molecule has 3 aromatic carbocycles. The number of thiazole rings is 1. The SMILES string of the molecule is CS(=O)(=O)c1ccc(C(=O)Nc2ccc(Cl)c(-c3nc4ccccc4s3)c2)cc1. The number of halogens is 1. The molecule has 29 heavy (non-hydrogen) atoms. The number of para-hydroxylation sites is 1. The molecule has 1 aromatic heterocycles. The first-order valence-corrected chi connectivity index (χ1v) is 11.7. The predicted molar refractivity (Wildman–Crippen MR) is 118 cm³/mol. The molecule has 0 aliphatic heterocycles. The summed E-state index contributed by atoms with van der Waals surface area (Å²) in [6.07, 6.45) is 1.12. The molecule has 146 valence electrons. The van der Waals surface area contributed by atoms with Crippen molar-refractivity contribution in [1.82, 2.24) is 4.98 Å². The predicted octanol–water partition coefficient (Wildman–Crippen LogP) is 5.27. The topological polar surface area (TPSA) is 76.1 Å². The van der Waals surface area contributed by atoms with Crippen LogP contribution in [0, 0.1) is 0 Å². The van der Waals surface area contributed by atoms with Crippen LogP contribution in [0.2, 0.25) is 5.02 Å². The van der Waals surface area contributed by atoms with Gasteiger partial charge in [-0.05, 0) is 54.6 Å². The van der Waals surface area contributed by atoms with Crippen LogP contribution >= 0.6 is 22.9 Å². The molecule has 0 atom stereocenters. The van der Waals surface area contributed by atoms with Crippen LogP contribution in [0.1, 0.15) is 10.4 Å². The van der Waals surface area contributed by atoms with E-state index in [9.17, 15) is 13.2 Å². The molecule has 0 saturated heterocycles. The largest absolute Gasteiger partial charge is 0.322 e. The van der Waals surface area contributed by atoms with E-state index in [-0.39, 0.29) is 10.8 Å². The fourth-order valence-corrected chi connectivity index (χ4v) is 4.70. The summed E-state index contributed by atoms with van der Waals surface area (Å²) < 4.78 is 24.2. The van der Waals surface area contributed by atoms with Gasteiger partial charge in [0.15, 0.2) is 9.84 Å². The van der Waals surface area contributed by atoms with Crippen molar-refractivity contribution in [3.05, 3.63) is 77.3 Å². The van der Waals surface area contributed by atoms with E-state index in [1.165, 1.54) is 35.6 Å². The Morgan fingerprint density at radius 2 is 1.76 bits per heavy atom. The van der Waals surface area contributed by atoms with E-state index in [0.29, 0.717) is 16.3 Å². The molecule has 0 unspecified atom stereocenters. The summed E-state index contributed by atoms with van der Waals surface area (Å²) >= 11 is 7.90. The summed E-state index contributed by atoms with van der Waals surface area (Å²) in [5.41, 5.74) is 2.55. The molecule has 1 N–H and O–H groups in total. The van der Waals surface area contributed by atoms with Gasteiger partial charge in [0.1, 0.15) is 5.01 Å². The molecule has 0 radical (unpaired) electrons. The Morgan fingerprint density at radius 3 is 2.45 bits per heavy atom. The van der Waals surface area contributed by atoms with E-state index >= 15 is 0 Å². The molecule has 1 amide bonds. The summed E-state index contributed by atoms with van der Waals surface area (Å²) in [7, 11) is -3.31. The first-order chi connectivity index (χ1) is 13.8. The highest BCUT2D eigenvalue weighted by Gasteiger charge is 2.13. The average Bonchev–Trinajstić information content (AvgIpc) is 3.13. The molecular weight excluding hydrogens is 428 g/mol. The third-order valence-electron chi connectivity index (χ3n) is 4.29. The number of aromatic nitrogens is 1. The Kier molecular flexibility index (Phi) is 5.12. The Bertz CT molecular complexity index is 1300. The molecule has 8 heteroatoms. The molecular formula is C21H15ClN2O3S2. The maximum atomic E-state index is 12.5. The zero-order valence-electron chi connectivity index (χ0n) is 15.2. The number of nitrogens with one attached hydrogen (secondary N) is 1. The highest BCUT2D eigenvalue weighted by Crippen LogP contribution is 2.36. The number of anilines is 1. The van der Waals surface area contributed by atoms with Crippen molar-refractivity contribution in [2.75, 3.05) is 11.6 Å². The van der Waals surface area contributed by atoms with Gasteiger partial charge in [-0.2, -0.15) is 0 Å². The summed E-state index contributed by atoms with van der Waals surface area (Å²) in [5.74, 6) is -0.345. The van der Waals surface area contributed by atoms with Gasteiger partial charge < -0.3 is 5.32 Å². The van der Waals surface area contributed by atoms with Crippen molar-refractivity contribution in [2.45, 2.75) is 4.90 Å². The number of amides is 1. The molecule has 4 aromatic rings. The van der Waals surface area contributed by atoms with Crippen molar-refractivity contribution >= 4 is 54.6 Å². The molecule has 0 saturated carbocycles. The number of carbonyl (C=O) groups is 1. The second-order valence-corrected chi connectivity index (χ2v) is 9.89. The van der Waals surface area contributed by atoms with Gasteiger partial charge >= 0.3 is 0 Å². The fraction of sp³-hybridized carbons (Fsp3) is 0.0476. The Labute approximate surface area is 176 Å². The third-order valence-corrected chi connectivity index (χ3v) is 6.82. The van der Waals surface area contributed by atoms with Crippen LogP contribution in [0.25, 0.3) is 20.8 Å². The van der Waals surface area contributed by atoms with Gasteiger partial charge in [0.2, 0.25) is 0 Å². The highest BCUT2D eigenvalue weighted by atomic mass is 35.5. The van der Waals surface area contributed by atoms with Crippen LogP contribution in [-0.2, 0) is 9.84 Å². The lowest BCUT2D eigenvalue weighted by Crippen LogP contribution is -2.12. The van der Waals surface area contributed by atoms with Crippen LogP contribution in [0.4, 0.5) is 5.69 Å². The lowest BCUT2D eigenvalue weighted by Gasteiger charge is -2.08. The van der Waals surface area contributed by atoms with E-state index in [2.05, 4.69) is 10.3 Å². The molecule has 5 nitrogen and oxygen atoms in total. The average molecular weight is 443 g/mol. The van der Waals surface area contributed by atoms with Crippen LogP contribution in [-0.4, -0.2) is 25.6 Å². The number of hydrogen-bond donors (Lipinski definition) is 1. The number of nitrogens with zero attached hydrogens (tertiary/aromatic N) is 1. The first-order valence-electron chi connectivity index (χ1n) is 8.58. The molecule has 0 fully saturated rings. The Balaban J connectivity index is 1.61. The van der Waals surface area contributed by atoms with Gasteiger partial charge in [0, 0.05) is 23.1 Å². The summed E-state index contributed by atoms with van der Waals surface area (Å²) in [6.45, 7) is 0. The number of carbonyl (C=O) groups excluding carboxylic acids is 1. The minimum Gasteiger partial charge on any atom is -0.322 e. The van der Waals surface area contributed by atoms with E-state index in [4.69, 9.17) is 11.6 Å². The van der Waals surface area contributed by atoms with Crippen LogP contribution in [0.15, 0.2) is 71.6 Å². The van der Waals surface area contributed by atoms with Gasteiger partial charge in [0.25, 0.3) is 5.91 Å².